The van der Waals surface area contributed by atoms with Crippen molar-refractivity contribution in [1.82, 2.24) is 10.6 Å². The molecule has 0 unspecified atom stereocenters. The van der Waals surface area contributed by atoms with E-state index in [1.807, 2.05) is 0 Å². The minimum absolute atomic E-state index is 0.202. The van der Waals surface area contributed by atoms with E-state index in [0.29, 0.717) is 18.0 Å². The molecular formula is C11H14N4O2S. The van der Waals surface area contributed by atoms with Crippen molar-refractivity contribution in [2.24, 2.45) is 11.5 Å². The summed E-state index contributed by atoms with van der Waals surface area (Å²) in [5.74, 6) is 5.37. The Bertz CT molecular complexity index is 487. The summed E-state index contributed by atoms with van der Waals surface area (Å²) in [5, 5.41) is 5.03. The number of primary amides is 1. The van der Waals surface area contributed by atoms with Crippen LogP contribution < -0.4 is 22.1 Å². The zero-order valence-corrected chi connectivity index (χ0v) is 10.5. The second kappa shape index (κ2) is 7.32. The first kappa shape index (κ1) is 14.0. The van der Waals surface area contributed by atoms with E-state index < -0.39 is 6.03 Å². The molecule has 0 aliphatic rings. The van der Waals surface area contributed by atoms with E-state index >= 15 is 0 Å². The van der Waals surface area contributed by atoms with Crippen molar-refractivity contribution in [3.63, 3.8) is 0 Å². The van der Waals surface area contributed by atoms with Gasteiger partial charge in [-0.15, -0.1) is 11.3 Å². The highest BCUT2D eigenvalue weighted by molar-refractivity contribution is 7.14. The standard InChI is InChI=1S/C11H14N4O2S/c12-5-1-2-8-3-4-9(18-8)10(16)14-6-7-15-11(13)17/h3-4H,5-7,12H2,(H,14,16)(H3,13,15,17). The van der Waals surface area contributed by atoms with Crippen LogP contribution in [0.25, 0.3) is 0 Å². The van der Waals surface area contributed by atoms with Gasteiger partial charge in [0.15, 0.2) is 0 Å². The average molecular weight is 266 g/mol. The number of nitrogens with one attached hydrogen (secondary N) is 2. The molecule has 0 radical (unpaired) electrons. The van der Waals surface area contributed by atoms with Gasteiger partial charge in [-0.3, -0.25) is 4.79 Å². The van der Waals surface area contributed by atoms with Crippen molar-refractivity contribution in [1.29, 1.82) is 0 Å². The van der Waals surface area contributed by atoms with Crippen molar-refractivity contribution >= 4 is 23.3 Å². The highest BCUT2D eigenvalue weighted by atomic mass is 32.1. The molecule has 0 fully saturated rings. The molecule has 0 aliphatic heterocycles. The first-order valence-electron chi connectivity index (χ1n) is 5.23. The number of amides is 3. The van der Waals surface area contributed by atoms with Crippen molar-refractivity contribution in [2.45, 2.75) is 0 Å². The number of nitrogens with two attached hydrogens (primary N) is 2. The summed E-state index contributed by atoms with van der Waals surface area (Å²) < 4.78 is 0. The van der Waals surface area contributed by atoms with E-state index in [1.165, 1.54) is 11.3 Å². The molecule has 18 heavy (non-hydrogen) atoms. The Morgan fingerprint density at radius 2 is 2.00 bits per heavy atom. The summed E-state index contributed by atoms with van der Waals surface area (Å²) in [5.41, 5.74) is 10.1. The molecule has 6 N–H and O–H groups in total. The fourth-order valence-corrected chi connectivity index (χ4v) is 1.91. The molecule has 96 valence electrons. The normalized spacial score (nSPS) is 9.17. The molecule has 0 aliphatic carbocycles. The van der Waals surface area contributed by atoms with E-state index in [9.17, 15) is 9.59 Å². The summed E-state index contributed by atoms with van der Waals surface area (Å²) in [6, 6.07) is 2.85. The predicted octanol–water partition coefficient (Wildman–Crippen LogP) is -0.544. The number of carbonyl (C=O) groups is 2. The summed E-state index contributed by atoms with van der Waals surface area (Å²) in [4.78, 5) is 23.4. The molecule has 1 aromatic heterocycles. The highest BCUT2D eigenvalue weighted by Gasteiger charge is 2.07. The number of thiophene rings is 1. The van der Waals surface area contributed by atoms with Gasteiger partial charge in [0, 0.05) is 13.1 Å². The third-order valence-electron chi connectivity index (χ3n) is 1.85. The van der Waals surface area contributed by atoms with Crippen molar-refractivity contribution in [3.05, 3.63) is 21.9 Å². The Hall–Kier alpha value is -2.04. The third-order valence-corrected chi connectivity index (χ3v) is 2.85. The van der Waals surface area contributed by atoms with Gasteiger partial charge >= 0.3 is 6.03 Å². The largest absolute Gasteiger partial charge is 0.352 e. The van der Waals surface area contributed by atoms with Gasteiger partial charge in [0.05, 0.1) is 16.3 Å². The SMILES string of the molecule is NCC#Cc1ccc(C(=O)NCCNC(N)=O)s1. The lowest BCUT2D eigenvalue weighted by molar-refractivity contribution is 0.0958. The van der Waals surface area contributed by atoms with Crippen LogP contribution in [0.2, 0.25) is 0 Å². The minimum atomic E-state index is -0.611. The first-order valence-corrected chi connectivity index (χ1v) is 6.05. The molecule has 0 spiro atoms. The van der Waals surface area contributed by atoms with E-state index in [0.717, 1.165) is 4.88 Å². The minimum Gasteiger partial charge on any atom is -0.352 e. The Kier molecular flexibility index (Phi) is 5.70. The van der Waals surface area contributed by atoms with Gasteiger partial charge in [-0.25, -0.2) is 4.79 Å². The van der Waals surface area contributed by atoms with E-state index in [-0.39, 0.29) is 12.5 Å². The van der Waals surface area contributed by atoms with Crippen LogP contribution in [0.5, 0.6) is 0 Å². The lowest BCUT2D eigenvalue weighted by Crippen LogP contribution is -2.37. The molecule has 6 nitrogen and oxygen atoms in total. The van der Waals surface area contributed by atoms with Gasteiger partial charge in [-0.2, -0.15) is 0 Å². The van der Waals surface area contributed by atoms with Crippen LogP contribution in [0.4, 0.5) is 4.79 Å². The van der Waals surface area contributed by atoms with Gasteiger partial charge in [0.2, 0.25) is 0 Å². The van der Waals surface area contributed by atoms with Gasteiger partial charge in [-0.1, -0.05) is 11.8 Å². The highest BCUT2D eigenvalue weighted by Crippen LogP contribution is 2.14. The predicted molar refractivity (Wildman–Crippen MR) is 70.2 cm³/mol. The van der Waals surface area contributed by atoms with Crippen LogP contribution in [0, 0.1) is 11.8 Å². The number of urea groups is 1. The van der Waals surface area contributed by atoms with Crippen molar-refractivity contribution in [3.8, 4) is 11.8 Å². The molecule has 0 bridgehead atoms. The molecule has 0 atom stereocenters. The second-order valence-electron chi connectivity index (χ2n) is 3.22. The van der Waals surface area contributed by atoms with E-state index in [1.54, 1.807) is 12.1 Å². The molecule has 0 aromatic carbocycles. The monoisotopic (exact) mass is 266 g/mol. The molecule has 7 heteroatoms. The van der Waals surface area contributed by atoms with E-state index in [2.05, 4.69) is 22.5 Å². The Morgan fingerprint density at radius 3 is 2.67 bits per heavy atom. The number of hydrogen-bond acceptors (Lipinski definition) is 4. The quantitative estimate of drug-likeness (QED) is 0.434. The zero-order chi connectivity index (χ0) is 13.4. The third kappa shape index (κ3) is 4.86. The molecule has 1 rings (SSSR count). The average Bonchev–Trinajstić information content (AvgIpc) is 2.80. The topological polar surface area (TPSA) is 110 Å². The van der Waals surface area contributed by atoms with Crippen LogP contribution in [-0.4, -0.2) is 31.6 Å². The van der Waals surface area contributed by atoms with Crippen LogP contribution in [0.15, 0.2) is 12.1 Å². The molecule has 0 saturated heterocycles. The maximum absolute atomic E-state index is 11.7. The van der Waals surface area contributed by atoms with Gasteiger partial charge in [-0.05, 0) is 12.1 Å². The number of carbonyl (C=O) groups excluding carboxylic acids is 2. The molecule has 1 aromatic rings. The number of hydrogen-bond donors (Lipinski definition) is 4. The van der Waals surface area contributed by atoms with E-state index in [4.69, 9.17) is 11.5 Å². The lowest BCUT2D eigenvalue weighted by atomic mass is 10.4. The van der Waals surface area contributed by atoms with Crippen LogP contribution >= 0.6 is 11.3 Å². The maximum Gasteiger partial charge on any atom is 0.312 e. The Labute approximate surface area is 109 Å². The van der Waals surface area contributed by atoms with Gasteiger partial charge in [0.1, 0.15) is 0 Å². The fourth-order valence-electron chi connectivity index (χ4n) is 1.11. The van der Waals surface area contributed by atoms with Gasteiger partial charge in [0.25, 0.3) is 5.91 Å². The molecule has 3 amide bonds. The summed E-state index contributed by atoms with van der Waals surface area (Å²) in [6.07, 6.45) is 0. The Balaban J connectivity index is 2.42. The van der Waals surface area contributed by atoms with Gasteiger partial charge < -0.3 is 22.1 Å². The smallest absolute Gasteiger partial charge is 0.312 e. The fraction of sp³-hybridized carbons (Fsp3) is 0.273. The maximum atomic E-state index is 11.7. The second-order valence-corrected chi connectivity index (χ2v) is 4.30. The van der Waals surface area contributed by atoms with Crippen LogP contribution in [-0.2, 0) is 0 Å². The number of rotatable bonds is 4. The molecule has 0 saturated carbocycles. The van der Waals surface area contributed by atoms with Crippen molar-refractivity contribution < 1.29 is 9.59 Å². The first-order chi connectivity index (χ1) is 8.63. The molecule has 1 heterocycles. The van der Waals surface area contributed by atoms with Crippen LogP contribution in [0.3, 0.4) is 0 Å². The zero-order valence-electron chi connectivity index (χ0n) is 9.66. The summed E-state index contributed by atoms with van der Waals surface area (Å²) in [6.45, 7) is 0.911. The summed E-state index contributed by atoms with van der Waals surface area (Å²) in [7, 11) is 0. The Morgan fingerprint density at radius 1 is 1.28 bits per heavy atom. The van der Waals surface area contributed by atoms with Crippen molar-refractivity contribution in [2.75, 3.05) is 19.6 Å². The lowest BCUT2D eigenvalue weighted by Gasteiger charge is -2.03. The van der Waals surface area contributed by atoms with Crippen LogP contribution in [0.1, 0.15) is 14.5 Å². The molecular weight excluding hydrogens is 252 g/mol. The summed E-state index contributed by atoms with van der Waals surface area (Å²) >= 11 is 1.29.